The van der Waals surface area contributed by atoms with E-state index in [1.807, 2.05) is 32.0 Å². The van der Waals surface area contributed by atoms with Crippen LogP contribution in [-0.4, -0.2) is 25.2 Å². The molecule has 0 bridgehead atoms. The molecule has 1 aromatic carbocycles. The van der Waals surface area contributed by atoms with E-state index in [4.69, 9.17) is 4.74 Å². The fourth-order valence-electron chi connectivity index (χ4n) is 1.82. The third kappa shape index (κ3) is 3.89. The molecule has 1 aromatic rings. The molecule has 1 amide bonds. The monoisotopic (exact) mass is 270 g/mol. The molecule has 1 aliphatic rings. The first-order valence-corrected chi connectivity index (χ1v) is 5.93. The first-order valence-electron chi connectivity index (χ1n) is 5.93. The second-order valence-electron chi connectivity index (χ2n) is 4.46. The molecule has 0 unspecified atom stereocenters. The topological polar surface area (TPSA) is 50.4 Å². The molecule has 100 valence electrons. The van der Waals surface area contributed by atoms with Crippen molar-refractivity contribution >= 4 is 29.7 Å². The third-order valence-electron chi connectivity index (χ3n) is 2.65. The largest absolute Gasteiger partial charge is 0.384 e. The lowest BCUT2D eigenvalue weighted by Gasteiger charge is -2.09. The normalized spacial score (nSPS) is 12.6. The van der Waals surface area contributed by atoms with Gasteiger partial charge in [-0.1, -0.05) is 0 Å². The summed E-state index contributed by atoms with van der Waals surface area (Å²) < 4.78 is 5.24. The number of benzene rings is 1. The lowest BCUT2D eigenvalue weighted by atomic mass is 10.1. The zero-order valence-corrected chi connectivity index (χ0v) is 11.5. The Morgan fingerprint density at radius 3 is 3.00 bits per heavy atom. The number of nitrogens with one attached hydrogen (secondary N) is 2. The Balaban J connectivity index is 0.00000162. The third-order valence-corrected chi connectivity index (χ3v) is 2.65. The highest BCUT2D eigenvalue weighted by Gasteiger charge is 2.11. The number of fused-ring (bicyclic) bond motifs is 1. The zero-order valence-electron chi connectivity index (χ0n) is 10.7. The van der Waals surface area contributed by atoms with E-state index in [0.29, 0.717) is 0 Å². The quantitative estimate of drug-likeness (QED) is 0.884. The maximum Gasteiger partial charge on any atom is 0.250 e. The number of rotatable bonds is 4. The van der Waals surface area contributed by atoms with E-state index < -0.39 is 0 Å². The van der Waals surface area contributed by atoms with Crippen LogP contribution in [0.1, 0.15) is 19.4 Å². The summed E-state index contributed by atoms with van der Waals surface area (Å²) in [5.74, 6) is -0.107. The molecule has 1 aliphatic heterocycles. The Morgan fingerprint density at radius 2 is 2.28 bits per heavy atom. The number of amides is 1. The van der Waals surface area contributed by atoms with Crippen LogP contribution in [-0.2, 0) is 16.0 Å². The molecule has 0 fully saturated rings. The van der Waals surface area contributed by atoms with Crippen molar-refractivity contribution in [1.82, 2.24) is 0 Å². The second-order valence-corrected chi connectivity index (χ2v) is 4.46. The van der Waals surface area contributed by atoms with Crippen molar-refractivity contribution < 1.29 is 9.53 Å². The molecule has 0 atom stereocenters. The van der Waals surface area contributed by atoms with Gasteiger partial charge in [0.1, 0.15) is 6.61 Å². The van der Waals surface area contributed by atoms with Gasteiger partial charge in [-0.15, -0.1) is 12.4 Å². The molecule has 5 heteroatoms. The van der Waals surface area contributed by atoms with Crippen LogP contribution in [0.5, 0.6) is 0 Å². The van der Waals surface area contributed by atoms with Crippen LogP contribution in [0.4, 0.5) is 11.4 Å². The summed E-state index contributed by atoms with van der Waals surface area (Å²) in [5, 5.41) is 6.12. The van der Waals surface area contributed by atoms with Crippen molar-refractivity contribution in [1.29, 1.82) is 0 Å². The van der Waals surface area contributed by atoms with Gasteiger partial charge in [-0.05, 0) is 44.0 Å². The predicted octanol–water partition coefficient (Wildman–Crippen LogP) is 2.44. The van der Waals surface area contributed by atoms with E-state index in [1.165, 1.54) is 11.3 Å². The summed E-state index contributed by atoms with van der Waals surface area (Å²) in [6.07, 6.45) is 1.09. The molecule has 2 N–H and O–H groups in total. The smallest absolute Gasteiger partial charge is 0.250 e. The van der Waals surface area contributed by atoms with E-state index >= 15 is 0 Å². The van der Waals surface area contributed by atoms with Crippen molar-refractivity contribution in [3.05, 3.63) is 23.8 Å². The zero-order chi connectivity index (χ0) is 12.3. The lowest BCUT2D eigenvalue weighted by molar-refractivity contribution is -0.121. The van der Waals surface area contributed by atoms with Crippen LogP contribution in [0.3, 0.4) is 0 Å². The lowest BCUT2D eigenvalue weighted by Crippen LogP contribution is -2.20. The molecule has 2 rings (SSSR count). The van der Waals surface area contributed by atoms with Gasteiger partial charge in [-0.2, -0.15) is 0 Å². The Kier molecular flexibility index (Phi) is 5.44. The Bertz CT molecular complexity index is 421. The van der Waals surface area contributed by atoms with Gasteiger partial charge in [-0.25, -0.2) is 0 Å². The standard InChI is InChI=1S/C13H18N2O2.ClH/c1-9(2)17-8-13(16)15-11-3-4-12-10(7-11)5-6-14-12;/h3-4,7,9,14H,5-6,8H2,1-2H3,(H,15,16);1H. The van der Waals surface area contributed by atoms with E-state index in [-0.39, 0.29) is 31.0 Å². The molecule has 0 radical (unpaired) electrons. The Hall–Kier alpha value is -1.26. The van der Waals surface area contributed by atoms with Crippen LogP contribution in [0.15, 0.2) is 18.2 Å². The van der Waals surface area contributed by atoms with Crippen molar-refractivity contribution in [2.24, 2.45) is 0 Å². The summed E-state index contributed by atoms with van der Waals surface area (Å²) >= 11 is 0. The summed E-state index contributed by atoms with van der Waals surface area (Å²) in [7, 11) is 0. The van der Waals surface area contributed by atoms with Gasteiger partial charge in [0.05, 0.1) is 6.10 Å². The highest BCUT2D eigenvalue weighted by molar-refractivity contribution is 5.92. The first kappa shape index (κ1) is 14.8. The average Bonchev–Trinajstić information content (AvgIpc) is 2.73. The van der Waals surface area contributed by atoms with Crippen LogP contribution in [0.2, 0.25) is 0 Å². The van der Waals surface area contributed by atoms with E-state index in [2.05, 4.69) is 10.6 Å². The van der Waals surface area contributed by atoms with Gasteiger partial charge >= 0.3 is 0 Å². The molecule has 0 saturated heterocycles. The maximum atomic E-state index is 11.6. The fraction of sp³-hybridized carbons (Fsp3) is 0.462. The van der Waals surface area contributed by atoms with Crippen molar-refractivity contribution in [2.75, 3.05) is 23.8 Å². The van der Waals surface area contributed by atoms with Gasteiger partial charge in [0.15, 0.2) is 0 Å². The van der Waals surface area contributed by atoms with Crippen LogP contribution < -0.4 is 10.6 Å². The van der Waals surface area contributed by atoms with Gasteiger partial charge in [0, 0.05) is 17.9 Å². The number of hydrogen-bond acceptors (Lipinski definition) is 3. The van der Waals surface area contributed by atoms with Crippen LogP contribution >= 0.6 is 12.4 Å². The van der Waals surface area contributed by atoms with Gasteiger partial charge in [0.2, 0.25) is 5.91 Å². The maximum absolute atomic E-state index is 11.6. The van der Waals surface area contributed by atoms with Gasteiger partial charge in [-0.3, -0.25) is 4.79 Å². The molecule has 0 saturated carbocycles. The number of halogens is 1. The summed E-state index contributed by atoms with van der Waals surface area (Å²) in [6.45, 7) is 4.90. The molecular formula is C13H19ClN2O2. The summed E-state index contributed by atoms with van der Waals surface area (Å²) in [6, 6.07) is 5.92. The molecule has 1 heterocycles. The molecule has 0 spiro atoms. The minimum Gasteiger partial charge on any atom is -0.384 e. The number of ether oxygens (including phenoxy) is 1. The molecule has 0 aromatic heterocycles. The second kappa shape index (κ2) is 6.61. The van der Waals surface area contributed by atoms with Crippen molar-refractivity contribution in [2.45, 2.75) is 26.4 Å². The average molecular weight is 271 g/mol. The van der Waals surface area contributed by atoms with Crippen molar-refractivity contribution in [3.63, 3.8) is 0 Å². The van der Waals surface area contributed by atoms with Crippen LogP contribution in [0, 0.1) is 0 Å². The highest BCUT2D eigenvalue weighted by Crippen LogP contribution is 2.25. The fourth-order valence-corrected chi connectivity index (χ4v) is 1.82. The molecule has 4 nitrogen and oxygen atoms in total. The summed E-state index contributed by atoms with van der Waals surface area (Å²) in [5.41, 5.74) is 3.26. The minimum absolute atomic E-state index is 0. The van der Waals surface area contributed by atoms with Crippen molar-refractivity contribution in [3.8, 4) is 0 Å². The minimum atomic E-state index is -0.107. The molecule has 0 aliphatic carbocycles. The van der Waals surface area contributed by atoms with E-state index in [0.717, 1.165) is 18.7 Å². The molecule has 18 heavy (non-hydrogen) atoms. The van der Waals surface area contributed by atoms with Gasteiger partial charge in [0.25, 0.3) is 0 Å². The predicted molar refractivity (Wildman–Crippen MR) is 75.6 cm³/mol. The van der Waals surface area contributed by atoms with E-state index in [1.54, 1.807) is 0 Å². The number of hydrogen-bond donors (Lipinski definition) is 2. The van der Waals surface area contributed by atoms with E-state index in [9.17, 15) is 4.79 Å². The number of anilines is 2. The Morgan fingerprint density at radius 1 is 1.50 bits per heavy atom. The van der Waals surface area contributed by atoms with Crippen LogP contribution in [0.25, 0.3) is 0 Å². The molecular weight excluding hydrogens is 252 g/mol. The first-order chi connectivity index (χ1) is 8.15. The number of carbonyl (C=O) groups excluding carboxylic acids is 1. The number of carbonyl (C=O) groups is 1. The Labute approximate surface area is 114 Å². The SMILES string of the molecule is CC(C)OCC(=O)Nc1ccc2c(c1)CCN2.Cl. The summed E-state index contributed by atoms with van der Waals surface area (Å²) in [4.78, 5) is 11.6. The highest BCUT2D eigenvalue weighted by atomic mass is 35.5. The van der Waals surface area contributed by atoms with Gasteiger partial charge < -0.3 is 15.4 Å².